The summed E-state index contributed by atoms with van der Waals surface area (Å²) in [5.74, 6) is 0.215. The lowest BCUT2D eigenvalue weighted by Gasteiger charge is -2.38. The number of hydrogen-bond donors (Lipinski definition) is 3. The standard InChI is InChI=1S/C25H33N7O3S/c1-5-27-23(34)18(13-26)25-31(6-2)24(35)19(36-25)14-28-20-11-8-12-21(29-20)30-22(33)15-32-16(3)9-7-10-17(32)4/h8,11-12,14,16-17H,5-7,9-10,15H2,1-4H3,(H,27,34)(H2,28,29,30,33). The van der Waals surface area contributed by atoms with Crippen molar-refractivity contribution in [2.45, 2.75) is 65.6 Å². The lowest BCUT2D eigenvalue weighted by molar-refractivity contribution is -0.119. The van der Waals surface area contributed by atoms with Crippen LogP contribution in [-0.4, -0.2) is 51.4 Å². The van der Waals surface area contributed by atoms with Gasteiger partial charge < -0.3 is 16.0 Å². The van der Waals surface area contributed by atoms with Crippen LogP contribution in [0, 0.1) is 11.3 Å². The predicted molar refractivity (Wildman–Crippen MR) is 142 cm³/mol. The Hall–Kier alpha value is -3.49. The summed E-state index contributed by atoms with van der Waals surface area (Å²) in [5.41, 5.74) is -0.406. The molecule has 36 heavy (non-hydrogen) atoms. The van der Waals surface area contributed by atoms with Crippen molar-refractivity contribution >= 4 is 46.6 Å². The zero-order valence-corrected chi connectivity index (χ0v) is 21.9. The van der Waals surface area contributed by atoms with Crippen molar-refractivity contribution in [3.05, 3.63) is 37.7 Å². The van der Waals surface area contributed by atoms with E-state index < -0.39 is 5.91 Å². The van der Waals surface area contributed by atoms with Gasteiger partial charge in [-0.3, -0.25) is 23.9 Å². The molecule has 3 heterocycles. The van der Waals surface area contributed by atoms with Crippen LogP contribution >= 0.6 is 11.3 Å². The van der Waals surface area contributed by atoms with Gasteiger partial charge >= 0.3 is 0 Å². The van der Waals surface area contributed by atoms with E-state index in [1.165, 1.54) is 17.2 Å². The SMILES string of the molecule is CCNC(=O)C(C#N)=c1sc(=CNc2cccc(NC(=O)CN3C(C)CCCC3C)n2)c(=O)n1CC. The molecule has 10 nitrogen and oxygen atoms in total. The van der Waals surface area contributed by atoms with Crippen molar-refractivity contribution in [1.82, 2.24) is 19.8 Å². The second-order valence-corrected chi connectivity index (χ2v) is 9.74. The van der Waals surface area contributed by atoms with E-state index in [0.717, 1.165) is 24.2 Å². The molecule has 1 aliphatic heterocycles. The van der Waals surface area contributed by atoms with Gasteiger partial charge in [0, 0.05) is 31.4 Å². The largest absolute Gasteiger partial charge is 0.352 e. The molecule has 2 atom stereocenters. The Morgan fingerprint density at radius 1 is 1.22 bits per heavy atom. The summed E-state index contributed by atoms with van der Waals surface area (Å²) >= 11 is 1.06. The quantitative estimate of drug-likeness (QED) is 0.485. The molecule has 2 aromatic rings. The van der Waals surface area contributed by atoms with Crippen LogP contribution in [0.1, 0.15) is 47.0 Å². The van der Waals surface area contributed by atoms with Gasteiger partial charge in [-0.15, -0.1) is 11.3 Å². The molecular weight excluding hydrogens is 478 g/mol. The van der Waals surface area contributed by atoms with Gasteiger partial charge in [0.1, 0.15) is 26.9 Å². The average molecular weight is 512 g/mol. The molecule has 1 aliphatic rings. The maximum absolute atomic E-state index is 12.9. The number of anilines is 2. The third kappa shape index (κ3) is 6.38. The number of nitriles is 1. The first-order valence-corrected chi connectivity index (χ1v) is 13.0. The third-order valence-corrected chi connectivity index (χ3v) is 7.31. The molecule has 192 valence electrons. The zero-order chi connectivity index (χ0) is 26.2. The van der Waals surface area contributed by atoms with E-state index in [1.807, 2.05) is 6.07 Å². The second kappa shape index (κ2) is 12.5. The molecule has 0 bridgehead atoms. The fraction of sp³-hybridized carbons (Fsp3) is 0.480. The van der Waals surface area contributed by atoms with E-state index in [0.29, 0.717) is 52.5 Å². The number of pyridine rings is 1. The highest BCUT2D eigenvalue weighted by Crippen LogP contribution is 2.22. The van der Waals surface area contributed by atoms with Crippen LogP contribution in [0.4, 0.5) is 11.6 Å². The topological polar surface area (TPSA) is 132 Å². The molecule has 2 aromatic heterocycles. The van der Waals surface area contributed by atoms with Crippen molar-refractivity contribution in [3.63, 3.8) is 0 Å². The Morgan fingerprint density at radius 2 is 1.92 bits per heavy atom. The van der Waals surface area contributed by atoms with Crippen molar-refractivity contribution in [2.24, 2.45) is 0 Å². The van der Waals surface area contributed by atoms with E-state index in [2.05, 4.69) is 39.7 Å². The normalized spacial score (nSPS) is 19.4. The Labute approximate surface area is 214 Å². The minimum Gasteiger partial charge on any atom is -0.352 e. The van der Waals surface area contributed by atoms with Crippen LogP contribution < -0.4 is 30.7 Å². The molecule has 3 N–H and O–H groups in total. The molecule has 0 spiro atoms. The number of carbonyl (C=O) groups is 2. The zero-order valence-electron chi connectivity index (χ0n) is 21.1. The number of piperidine rings is 1. The van der Waals surface area contributed by atoms with Gasteiger partial charge in [-0.05, 0) is 52.7 Å². The molecule has 11 heteroatoms. The van der Waals surface area contributed by atoms with Crippen LogP contribution in [0.15, 0.2) is 23.0 Å². The van der Waals surface area contributed by atoms with Crippen LogP contribution in [0.25, 0.3) is 11.8 Å². The van der Waals surface area contributed by atoms with Gasteiger partial charge in [0.25, 0.3) is 11.5 Å². The number of amides is 2. The molecule has 1 saturated heterocycles. The molecule has 0 aliphatic carbocycles. The fourth-order valence-corrected chi connectivity index (χ4v) is 5.38. The van der Waals surface area contributed by atoms with Gasteiger partial charge in [-0.1, -0.05) is 12.5 Å². The van der Waals surface area contributed by atoms with E-state index in [-0.39, 0.29) is 17.0 Å². The number of hydrogen-bond acceptors (Lipinski definition) is 8. The summed E-state index contributed by atoms with van der Waals surface area (Å²) in [4.78, 5) is 44.4. The molecule has 2 unspecified atom stereocenters. The highest BCUT2D eigenvalue weighted by molar-refractivity contribution is 7.07. The van der Waals surface area contributed by atoms with E-state index in [9.17, 15) is 19.6 Å². The Bertz CT molecular complexity index is 1310. The number of thiazole rings is 1. The lowest BCUT2D eigenvalue weighted by atomic mass is 9.97. The summed E-state index contributed by atoms with van der Waals surface area (Å²) in [5, 5.41) is 18.0. The van der Waals surface area contributed by atoms with Crippen molar-refractivity contribution in [3.8, 4) is 6.07 Å². The number of carbonyl (C=O) groups excluding carboxylic acids is 2. The number of aromatic nitrogens is 2. The van der Waals surface area contributed by atoms with Crippen LogP contribution in [0.5, 0.6) is 0 Å². The average Bonchev–Trinajstić information content (AvgIpc) is 3.16. The van der Waals surface area contributed by atoms with Crippen molar-refractivity contribution in [2.75, 3.05) is 23.7 Å². The second-order valence-electron chi connectivity index (χ2n) is 8.71. The highest BCUT2D eigenvalue weighted by Gasteiger charge is 2.26. The van der Waals surface area contributed by atoms with Gasteiger partial charge in [-0.2, -0.15) is 5.26 Å². The smallest absolute Gasteiger partial charge is 0.270 e. The molecule has 0 aromatic carbocycles. The van der Waals surface area contributed by atoms with Crippen LogP contribution in [-0.2, 0) is 16.1 Å². The van der Waals surface area contributed by atoms with E-state index >= 15 is 0 Å². The summed E-state index contributed by atoms with van der Waals surface area (Å²) in [6.07, 6.45) is 4.86. The summed E-state index contributed by atoms with van der Waals surface area (Å²) < 4.78 is 2.03. The summed E-state index contributed by atoms with van der Waals surface area (Å²) in [6, 6.07) is 7.83. The van der Waals surface area contributed by atoms with E-state index in [4.69, 9.17) is 0 Å². The summed E-state index contributed by atoms with van der Waals surface area (Å²) in [7, 11) is 0. The number of nitrogens with zero attached hydrogens (tertiary/aromatic N) is 4. The number of nitrogens with one attached hydrogen (secondary N) is 3. The van der Waals surface area contributed by atoms with Gasteiger partial charge in [0.2, 0.25) is 5.91 Å². The van der Waals surface area contributed by atoms with E-state index in [1.54, 1.807) is 32.0 Å². The minimum atomic E-state index is -0.513. The van der Waals surface area contributed by atoms with Crippen molar-refractivity contribution < 1.29 is 9.59 Å². The number of rotatable bonds is 8. The monoisotopic (exact) mass is 511 g/mol. The van der Waals surface area contributed by atoms with Gasteiger partial charge in [0.05, 0.1) is 6.54 Å². The molecule has 3 rings (SSSR count). The Morgan fingerprint density at radius 3 is 2.56 bits per heavy atom. The molecule has 2 amide bonds. The molecule has 1 fully saturated rings. The highest BCUT2D eigenvalue weighted by atomic mass is 32.1. The minimum absolute atomic E-state index is 0.0966. The summed E-state index contributed by atoms with van der Waals surface area (Å²) in [6.45, 7) is 8.84. The predicted octanol–water partition coefficient (Wildman–Crippen LogP) is 1.19. The lowest BCUT2D eigenvalue weighted by Crippen LogP contribution is -2.47. The first-order chi connectivity index (χ1) is 17.3. The van der Waals surface area contributed by atoms with Crippen molar-refractivity contribution in [1.29, 1.82) is 5.26 Å². The maximum atomic E-state index is 12.9. The molecule has 0 saturated carbocycles. The maximum Gasteiger partial charge on any atom is 0.270 e. The number of likely N-dealkylation sites (tertiary alicyclic amines) is 1. The van der Waals surface area contributed by atoms with Crippen LogP contribution in [0.2, 0.25) is 0 Å². The first-order valence-electron chi connectivity index (χ1n) is 12.2. The van der Waals surface area contributed by atoms with Gasteiger partial charge in [0.15, 0.2) is 5.57 Å². The first kappa shape index (κ1) is 27.1. The fourth-order valence-electron chi connectivity index (χ4n) is 4.30. The van der Waals surface area contributed by atoms with Gasteiger partial charge in [-0.25, -0.2) is 4.98 Å². The third-order valence-electron chi connectivity index (χ3n) is 6.18. The molecular formula is C25H33N7O3S. The Kier molecular flexibility index (Phi) is 9.38. The molecule has 0 radical (unpaired) electrons. The Balaban J connectivity index is 1.80. The van der Waals surface area contributed by atoms with Crippen LogP contribution in [0.3, 0.4) is 0 Å².